The summed E-state index contributed by atoms with van der Waals surface area (Å²) in [6, 6.07) is 27.6. The fourth-order valence-corrected chi connectivity index (χ4v) is 5.83. The molecule has 6 rings (SSSR count). The number of pyridine rings is 1. The second-order valence-electron chi connectivity index (χ2n) is 11.2. The van der Waals surface area contributed by atoms with Crippen molar-refractivity contribution < 1.29 is 38.1 Å². The van der Waals surface area contributed by atoms with Gasteiger partial charge in [0, 0.05) is 25.2 Å². The average molecular weight is 637 g/mol. The molecule has 4 unspecified atom stereocenters. The molecule has 0 N–H and O–H groups in total. The molecule has 1 amide bonds. The topological polar surface area (TPSA) is 130 Å². The van der Waals surface area contributed by atoms with Crippen molar-refractivity contribution in [3.05, 3.63) is 142 Å². The molecule has 4 aromatic rings. The van der Waals surface area contributed by atoms with Gasteiger partial charge in [0.25, 0.3) is 5.56 Å². The SMILES string of the molecule is CN1C(=O)CC[C@H]1c1cccn(C2OC(COC(=O)c3ccccc3)C(OC(=O)c3ccccc3)C2OC(=O)c2ccccc2)c1=O. The summed E-state index contributed by atoms with van der Waals surface area (Å²) >= 11 is 0. The van der Waals surface area contributed by atoms with Crippen LogP contribution in [0, 0.1) is 0 Å². The van der Waals surface area contributed by atoms with Crippen LogP contribution in [0.2, 0.25) is 0 Å². The van der Waals surface area contributed by atoms with E-state index in [0.29, 0.717) is 24.0 Å². The van der Waals surface area contributed by atoms with Crippen molar-refractivity contribution in [2.45, 2.75) is 43.4 Å². The second kappa shape index (κ2) is 13.8. The first-order chi connectivity index (χ1) is 22.8. The summed E-state index contributed by atoms with van der Waals surface area (Å²) in [4.78, 5) is 67.6. The zero-order valence-electron chi connectivity index (χ0n) is 25.5. The maximum absolute atomic E-state index is 14.0. The van der Waals surface area contributed by atoms with Gasteiger partial charge < -0.3 is 23.8 Å². The van der Waals surface area contributed by atoms with Gasteiger partial charge in [-0.25, -0.2) is 14.4 Å². The highest BCUT2D eigenvalue weighted by atomic mass is 16.7. The van der Waals surface area contributed by atoms with Gasteiger partial charge in [0.05, 0.1) is 22.7 Å². The molecule has 0 saturated carbocycles. The number of hydrogen-bond acceptors (Lipinski definition) is 9. The fraction of sp³-hybridized carbons (Fsp3) is 0.250. The molecule has 2 fully saturated rings. The normalized spacial score (nSPS) is 22.1. The molecule has 240 valence electrons. The van der Waals surface area contributed by atoms with E-state index in [-0.39, 0.29) is 23.6 Å². The molecule has 47 heavy (non-hydrogen) atoms. The number of ether oxygens (including phenoxy) is 4. The molecule has 2 aliphatic heterocycles. The van der Waals surface area contributed by atoms with Gasteiger partial charge in [0.15, 0.2) is 18.4 Å². The minimum Gasteiger partial charge on any atom is -0.459 e. The quantitative estimate of drug-likeness (QED) is 0.194. The number of nitrogens with zero attached hydrogens (tertiary/aromatic N) is 2. The van der Waals surface area contributed by atoms with Gasteiger partial charge in [0.2, 0.25) is 5.91 Å². The van der Waals surface area contributed by atoms with E-state index < -0.39 is 54.0 Å². The Morgan fingerprint density at radius 3 is 1.79 bits per heavy atom. The van der Waals surface area contributed by atoms with Gasteiger partial charge in [-0.3, -0.25) is 14.2 Å². The van der Waals surface area contributed by atoms with Crippen LogP contribution in [0.5, 0.6) is 0 Å². The van der Waals surface area contributed by atoms with Crippen LogP contribution in [0.3, 0.4) is 0 Å². The van der Waals surface area contributed by atoms with Crippen LogP contribution in [0.25, 0.3) is 0 Å². The van der Waals surface area contributed by atoms with E-state index in [0.717, 1.165) is 0 Å². The molecular weight excluding hydrogens is 604 g/mol. The first kappa shape index (κ1) is 31.4. The van der Waals surface area contributed by atoms with Gasteiger partial charge in [0.1, 0.15) is 12.7 Å². The number of carbonyl (C=O) groups excluding carboxylic acids is 4. The van der Waals surface area contributed by atoms with Crippen molar-refractivity contribution in [2.75, 3.05) is 13.7 Å². The number of aromatic nitrogens is 1. The van der Waals surface area contributed by atoms with Crippen LogP contribution in [-0.4, -0.2) is 65.2 Å². The Morgan fingerprint density at radius 2 is 1.26 bits per heavy atom. The summed E-state index contributed by atoms with van der Waals surface area (Å²) < 4.78 is 25.1. The average Bonchev–Trinajstić information content (AvgIpc) is 3.62. The predicted molar refractivity (Wildman–Crippen MR) is 167 cm³/mol. The molecule has 1 aromatic heterocycles. The lowest BCUT2D eigenvalue weighted by Crippen LogP contribution is -2.42. The first-order valence-corrected chi connectivity index (χ1v) is 15.2. The van der Waals surface area contributed by atoms with Crippen LogP contribution >= 0.6 is 0 Å². The van der Waals surface area contributed by atoms with Gasteiger partial charge in [-0.1, -0.05) is 54.6 Å². The minimum atomic E-state index is -1.34. The first-order valence-electron chi connectivity index (χ1n) is 15.2. The van der Waals surface area contributed by atoms with Gasteiger partial charge in [-0.05, 0) is 55.0 Å². The van der Waals surface area contributed by atoms with E-state index in [9.17, 15) is 24.0 Å². The summed E-state index contributed by atoms with van der Waals surface area (Å²) in [6.45, 7) is -0.384. The molecule has 0 bridgehead atoms. The number of benzene rings is 3. The van der Waals surface area contributed by atoms with Gasteiger partial charge in [-0.2, -0.15) is 0 Å². The number of hydrogen-bond donors (Lipinski definition) is 0. The third-order valence-electron chi connectivity index (χ3n) is 8.31. The summed E-state index contributed by atoms with van der Waals surface area (Å²) in [5, 5.41) is 0. The summed E-state index contributed by atoms with van der Waals surface area (Å²) in [5.41, 5.74) is 0.642. The van der Waals surface area contributed by atoms with Crippen LogP contribution in [0.4, 0.5) is 0 Å². The van der Waals surface area contributed by atoms with E-state index in [1.807, 2.05) is 0 Å². The lowest BCUT2D eigenvalue weighted by Gasteiger charge is -2.26. The van der Waals surface area contributed by atoms with Crippen molar-refractivity contribution in [1.29, 1.82) is 0 Å². The molecule has 0 aliphatic carbocycles. The summed E-state index contributed by atoms with van der Waals surface area (Å²) in [6.07, 6.45) is -2.82. The Kier molecular flexibility index (Phi) is 9.25. The third kappa shape index (κ3) is 6.70. The van der Waals surface area contributed by atoms with Gasteiger partial charge in [-0.15, -0.1) is 0 Å². The number of esters is 3. The third-order valence-corrected chi connectivity index (χ3v) is 8.31. The van der Waals surface area contributed by atoms with Crippen LogP contribution in [-0.2, 0) is 23.7 Å². The molecule has 5 atom stereocenters. The monoisotopic (exact) mass is 636 g/mol. The van der Waals surface area contributed by atoms with E-state index >= 15 is 0 Å². The van der Waals surface area contributed by atoms with Crippen molar-refractivity contribution >= 4 is 23.8 Å². The number of amides is 1. The van der Waals surface area contributed by atoms with E-state index in [1.54, 1.807) is 110 Å². The molecule has 0 spiro atoms. The maximum Gasteiger partial charge on any atom is 0.338 e. The summed E-state index contributed by atoms with van der Waals surface area (Å²) in [7, 11) is 1.64. The number of carbonyl (C=O) groups is 4. The van der Waals surface area contributed by atoms with Gasteiger partial charge >= 0.3 is 17.9 Å². The highest BCUT2D eigenvalue weighted by Gasteiger charge is 2.52. The van der Waals surface area contributed by atoms with Crippen LogP contribution < -0.4 is 5.56 Å². The minimum absolute atomic E-state index is 0.0789. The molecular formula is C36H32N2O9. The lowest BCUT2D eigenvalue weighted by atomic mass is 10.1. The van der Waals surface area contributed by atoms with Crippen molar-refractivity contribution in [2.24, 2.45) is 0 Å². The number of rotatable bonds is 9. The number of likely N-dealkylation sites (tertiary alicyclic amines) is 1. The van der Waals surface area contributed by atoms with E-state index in [4.69, 9.17) is 18.9 Å². The van der Waals surface area contributed by atoms with Crippen molar-refractivity contribution in [3.63, 3.8) is 0 Å². The lowest BCUT2D eigenvalue weighted by molar-refractivity contribution is -0.127. The van der Waals surface area contributed by atoms with E-state index in [2.05, 4.69) is 0 Å². The summed E-state index contributed by atoms with van der Waals surface area (Å²) in [5.74, 6) is -2.19. The zero-order chi connectivity index (χ0) is 32.9. The molecule has 2 aliphatic rings. The molecule has 2 saturated heterocycles. The molecule has 11 nitrogen and oxygen atoms in total. The Balaban J connectivity index is 1.38. The Hall–Kier alpha value is -5.55. The molecule has 3 aromatic carbocycles. The fourth-order valence-electron chi connectivity index (χ4n) is 5.83. The Bertz CT molecular complexity index is 1810. The largest absolute Gasteiger partial charge is 0.459 e. The Morgan fingerprint density at radius 1 is 0.723 bits per heavy atom. The predicted octanol–water partition coefficient (Wildman–Crippen LogP) is 4.35. The smallest absolute Gasteiger partial charge is 0.338 e. The molecule has 3 heterocycles. The highest BCUT2D eigenvalue weighted by molar-refractivity contribution is 5.91. The standard InChI is InChI=1S/C36H32N2O9/c1-37-27(19-20-29(37)39)26-18-11-21-38(32(26)40)33-31(47-36(43)25-16-9-4-10-17-25)30(46-35(42)24-14-7-3-8-15-24)28(45-33)22-44-34(41)23-12-5-2-6-13-23/h2-18,21,27-28,30-31,33H,19-20,22H2,1H3/t27-,28?,30?,31?,33?/m0/s1. The van der Waals surface area contributed by atoms with Crippen LogP contribution in [0.1, 0.15) is 61.7 Å². The van der Waals surface area contributed by atoms with Crippen molar-refractivity contribution in [3.8, 4) is 0 Å². The molecule has 0 radical (unpaired) electrons. The highest BCUT2D eigenvalue weighted by Crippen LogP contribution is 2.36. The zero-order valence-corrected chi connectivity index (χ0v) is 25.5. The second-order valence-corrected chi connectivity index (χ2v) is 11.2. The maximum atomic E-state index is 14.0. The Labute approximate surface area is 270 Å². The molecule has 11 heteroatoms. The van der Waals surface area contributed by atoms with E-state index in [1.165, 1.54) is 15.7 Å². The van der Waals surface area contributed by atoms with Crippen LogP contribution in [0.15, 0.2) is 114 Å². The van der Waals surface area contributed by atoms with Crippen molar-refractivity contribution in [1.82, 2.24) is 9.47 Å².